The van der Waals surface area contributed by atoms with E-state index in [9.17, 15) is 5.11 Å². The number of pyridine rings is 1. The molecule has 2 unspecified atom stereocenters. The van der Waals surface area contributed by atoms with E-state index in [1.807, 2.05) is 30.3 Å². The average Bonchev–Trinajstić information content (AvgIpc) is 2.52. The predicted octanol–water partition coefficient (Wildman–Crippen LogP) is 3.76. The van der Waals surface area contributed by atoms with Gasteiger partial charge in [0, 0.05) is 18.8 Å². The van der Waals surface area contributed by atoms with Gasteiger partial charge in [-0.15, -0.1) is 0 Å². The highest BCUT2D eigenvalue weighted by Crippen LogP contribution is 2.24. The SMILES string of the molecule is CC(NCC(O)c1ccc(C(C)(C)C)cc1)c1ccccn1. The Hall–Kier alpha value is -1.71. The number of rotatable bonds is 5. The maximum atomic E-state index is 10.3. The average molecular weight is 298 g/mol. The van der Waals surface area contributed by atoms with Gasteiger partial charge < -0.3 is 10.4 Å². The maximum absolute atomic E-state index is 10.3. The molecule has 2 aromatic rings. The lowest BCUT2D eigenvalue weighted by Crippen LogP contribution is -2.25. The first-order chi connectivity index (χ1) is 10.4. The molecule has 0 aliphatic carbocycles. The Kier molecular flexibility index (Phi) is 5.33. The van der Waals surface area contributed by atoms with Gasteiger partial charge in [-0.3, -0.25) is 4.98 Å². The molecule has 0 aliphatic rings. The zero-order chi connectivity index (χ0) is 16.2. The number of hydrogen-bond donors (Lipinski definition) is 2. The van der Waals surface area contributed by atoms with Crippen molar-refractivity contribution in [3.05, 3.63) is 65.5 Å². The van der Waals surface area contributed by atoms with Gasteiger partial charge in [-0.25, -0.2) is 0 Å². The van der Waals surface area contributed by atoms with Crippen molar-refractivity contribution in [1.29, 1.82) is 0 Å². The molecule has 1 aromatic heterocycles. The summed E-state index contributed by atoms with van der Waals surface area (Å²) in [5.74, 6) is 0. The van der Waals surface area contributed by atoms with Crippen LogP contribution in [-0.2, 0) is 5.41 Å². The van der Waals surface area contributed by atoms with Crippen LogP contribution < -0.4 is 5.32 Å². The van der Waals surface area contributed by atoms with Gasteiger partial charge in [0.15, 0.2) is 0 Å². The zero-order valence-electron chi connectivity index (χ0n) is 13.9. The van der Waals surface area contributed by atoms with Crippen molar-refractivity contribution in [2.45, 2.75) is 45.3 Å². The van der Waals surface area contributed by atoms with E-state index in [4.69, 9.17) is 0 Å². The number of benzene rings is 1. The number of nitrogens with zero attached hydrogens (tertiary/aromatic N) is 1. The summed E-state index contributed by atoms with van der Waals surface area (Å²) in [6.45, 7) is 9.13. The van der Waals surface area contributed by atoms with Gasteiger partial charge >= 0.3 is 0 Å². The topological polar surface area (TPSA) is 45.1 Å². The quantitative estimate of drug-likeness (QED) is 0.883. The molecular weight excluding hydrogens is 272 g/mol. The van der Waals surface area contributed by atoms with E-state index in [0.717, 1.165) is 11.3 Å². The monoisotopic (exact) mass is 298 g/mol. The first-order valence-corrected chi connectivity index (χ1v) is 7.81. The molecule has 0 saturated carbocycles. The van der Waals surface area contributed by atoms with Crippen molar-refractivity contribution in [2.24, 2.45) is 0 Å². The van der Waals surface area contributed by atoms with Crippen molar-refractivity contribution in [3.63, 3.8) is 0 Å². The molecule has 0 saturated heterocycles. The van der Waals surface area contributed by atoms with E-state index in [1.54, 1.807) is 6.20 Å². The van der Waals surface area contributed by atoms with Crippen LogP contribution in [0.5, 0.6) is 0 Å². The highest BCUT2D eigenvalue weighted by Gasteiger charge is 2.15. The normalized spacial score (nSPS) is 14.6. The lowest BCUT2D eigenvalue weighted by atomic mass is 9.86. The molecule has 0 aliphatic heterocycles. The molecule has 0 fully saturated rings. The molecule has 0 radical (unpaired) electrons. The predicted molar refractivity (Wildman–Crippen MR) is 90.8 cm³/mol. The Bertz CT molecular complexity index is 573. The summed E-state index contributed by atoms with van der Waals surface area (Å²) >= 11 is 0. The summed E-state index contributed by atoms with van der Waals surface area (Å²) in [5.41, 5.74) is 3.33. The summed E-state index contributed by atoms with van der Waals surface area (Å²) in [4.78, 5) is 4.32. The Morgan fingerprint density at radius 1 is 1.09 bits per heavy atom. The van der Waals surface area contributed by atoms with Crippen molar-refractivity contribution < 1.29 is 5.11 Å². The molecule has 3 nitrogen and oxygen atoms in total. The minimum absolute atomic E-state index is 0.115. The molecule has 2 rings (SSSR count). The number of aromatic nitrogens is 1. The van der Waals surface area contributed by atoms with Gasteiger partial charge in [0.25, 0.3) is 0 Å². The van der Waals surface area contributed by atoms with Gasteiger partial charge in [-0.1, -0.05) is 51.1 Å². The number of aliphatic hydroxyl groups excluding tert-OH is 1. The standard InChI is InChI=1S/C19H26N2O/c1-14(17-7-5-6-12-20-17)21-13-18(22)15-8-10-16(11-9-15)19(2,3)4/h5-12,14,18,21-22H,13H2,1-4H3. The highest BCUT2D eigenvalue weighted by molar-refractivity contribution is 5.28. The van der Waals surface area contributed by atoms with Crippen LogP contribution in [0, 0.1) is 0 Å². The molecule has 0 spiro atoms. The van der Waals surface area contributed by atoms with E-state index in [0.29, 0.717) is 6.54 Å². The third kappa shape index (κ3) is 4.39. The molecular formula is C19H26N2O. The van der Waals surface area contributed by atoms with E-state index < -0.39 is 6.10 Å². The van der Waals surface area contributed by atoms with E-state index in [1.165, 1.54) is 5.56 Å². The van der Waals surface area contributed by atoms with Crippen LogP contribution in [0.25, 0.3) is 0 Å². The number of nitrogens with one attached hydrogen (secondary N) is 1. The third-order valence-electron chi connectivity index (χ3n) is 3.91. The molecule has 3 heteroatoms. The second kappa shape index (κ2) is 7.03. The smallest absolute Gasteiger partial charge is 0.0914 e. The second-order valence-corrected chi connectivity index (χ2v) is 6.77. The third-order valence-corrected chi connectivity index (χ3v) is 3.91. The fraction of sp³-hybridized carbons (Fsp3) is 0.421. The van der Waals surface area contributed by atoms with Gasteiger partial charge in [-0.2, -0.15) is 0 Å². The largest absolute Gasteiger partial charge is 0.387 e. The Balaban J connectivity index is 1.93. The molecule has 2 atom stereocenters. The Morgan fingerprint density at radius 2 is 1.77 bits per heavy atom. The summed E-state index contributed by atoms with van der Waals surface area (Å²) in [5, 5.41) is 13.7. The second-order valence-electron chi connectivity index (χ2n) is 6.77. The van der Waals surface area contributed by atoms with Crippen LogP contribution in [0.3, 0.4) is 0 Å². The summed E-state index contributed by atoms with van der Waals surface area (Å²) < 4.78 is 0. The molecule has 118 valence electrons. The van der Waals surface area contributed by atoms with Crippen LogP contribution in [0.1, 0.15) is 56.7 Å². The fourth-order valence-corrected chi connectivity index (χ4v) is 2.35. The van der Waals surface area contributed by atoms with Crippen molar-refractivity contribution in [3.8, 4) is 0 Å². The molecule has 0 bridgehead atoms. The lowest BCUT2D eigenvalue weighted by Gasteiger charge is -2.21. The van der Waals surface area contributed by atoms with Crippen LogP contribution in [0.4, 0.5) is 0 Å². The van der Waals surface area contributed by atoms with Crippen LogP contribution in [-0.4, -0.2) is 16.6 Å². The van der Waals surface area contributed by atoms with E-state index in [-0.39, 0.29) is 11.5 Å². The molecule has 0 amide bonds. The van der Waals surface area contributed by atoms with Crippen molar-refractivity contribution in [1.82, 2.24) is 10.3 Å². The van der Waals surface area contributed by atoms with Crippen molar-refractivity contribution >= 4 is 0 Å². The van der Waals surface area contributed by atoms with E-state index in [2.05, 4.69) is 50.1 Å². The van der Waals surface area contributed by atoms with Crippen LogP contribution >= 0.6 is 0 Å². The van der Waals surface area contributed by atoms with Gasteiger partial charge in [0.1, 0.15) is 0 Å². The Morgan fingerprint density at radius 3 is 2.32 bits per heavy atom. The summed E-state index contributed by atoms with van der Waals surface area (Å²) in [7, 11) is 0. The van der Waals surface area contributed by atoms with Crippen LogP contribution in [0.15, 0.2) is 48.7 Å². The van der Waals surface area contributed by atoms with Gasteiger partial charge in [0.2, 0.25) is 0 Å². The maximum Gasteiger partial charge on any atom is 0.0914 e. The fourth-order valence-electron chi connectivity index (χ4n) is 2.35. The molecule has 22 heavy (non-hydrogen) atoms. The Labute approximate surface area is 133 Å². The van der Waals surface area contributed by atoms with E-state index >= 15 is 0 Å². The van der Waals surface area contributed by atoms with Gasteiger partial charge in [-0.05, 0) is 35.6 Å². The zero-order valence-corrected chi connectivity index (χ0v) is 13.9. The highest BCUT2D eigenvalue weighted by atomic mass is 16.3. The number of aliphatic hydroxyl groups is 1. The molecule has 2 N–H and O–H groups in total. The molecule has 1 aromatic carbocycles. The van der Waals surface area contributed by atoms with Gasteiger partial charge in [0.05, 0.1) is 11.8 Å². The first kappa shape index (κ1) is 16.7. The number of hydrogen-bond acceptors (Lipinski definition) is 3. The van der Waals surface area contributed by atoms with Crippen molar-refractivity contribution in [2.75, 3.05) is 6.54 Å². The summed E-state index contributed by atoms with van der Waals surface area (Å²) in [6.07, 6.45) is 1.27. The lowest BCUT2D eigenvalue weighted by molar-refractivity contribution is 0.170. The first-order valence-electron chi connectivity index (χ1n) is 7.81. The summed E-state index contributed by atoms with van der Waals surface area (Å²) in [6, 6.07) is 14.2. The minimum atomic E-state index is -0.514. The molecule has 1 heterocycles. The van der Waals surface area contributed by atoms with Crippen LogP contribution in [0.2, 0.25) is 0 Å². The minimum Gasteiger partial charge on any atom is -0.387 e.